The summed E-state index contributed by atoms with van der Waals surface area (Å²) >= 11 is 1.60. The van der Waals surface area contributed by atoms with Crippen LogP contribution in [0.15, 0.2) is 83.1 Å². The van der Waals surface area contributed by atoms with Gasteiger partial charge in [-0.05, 0) is 123 Å². The minimum Gasteiger partial charge on any atom is -0.507 e. The number of phenolic OH excluding ortho intramolecular Hbond substituents is 1. The van der Waals surface area contributed by atoms with Gasteiger partial charge in [-0.15, -0.1) is 21.5 Å². The zero-order chi connectivity index (χ0) is 51.0. The number of carbonyl (C=O) groups excluding carboxylic acids is 2. The molecule has 2 amide bonds. The van der Waals surface area contributed by atoms with Gasteiger partial charge in [0.2, 0.25) is 17.8 Å². The SMILES string of the molecule is Cc1ncsc1-c1ccc(CNC(=O)[C@@H]2C[C@@H](O)CN2C(=O)[C@@H](c2cc(OCC3CCC(N4CCC(c5cnc(N6CCc7[nH]c8nnc(-c9ccccc9O)cc8c7[C@H]6C)nc5)CC4)CC3)no2)C(C)C)cc1. The molecular formula is C56H65N11O6S. The van der Waals surface area contributed by atoms with E-state index in [1.54, 1.807) is 29.5 Å². The fourth-order valence-corrected chi connectivity index (χ4v) is 12.8. The average Bonchev–Trinajstić information content (AvgIpc) is 4.24. The molecule has 8 heterocycles. The van der Waals surface area contributed by atoms with Crippen LogP contribution in [0.25, 0.3) is 32.7 Å². The van der Waals surface area contributed by atoms with Gasteiger partial charge >= 0.3 is 0 Å². The van der Waals surface area contributed by atoms with Crippen molar-refractivity contribution in [2.75, 3.05) is 37.7 Å². The van der Waals surface area contributed by atoms with E-state index in [4.69, 9.17) is 19.2 Å². The number of thiazole rings is 1. The fourth-order valence-electron chi connectivity index (χ4n) is 11.9. The van der Waals surface area contributed by atoms with Crippen molar-refractivity contribution in [1.82, 2.24) is 50.4 Å². The number of aromatic hydroxyl groups is 1. The zero-order valence-corrected chi connectivity index (χ0v) is 43.3. The van der Waals surface area contributed by atoms with Crippen molar-refractivity contribution in [2.24, 2.45) is 11.8 Å². The Labute approximate surface area is 434 Å². The van der Waals surface area contributed by atoms with Crippen LogP contribution in [0, 0.1) is 18.8 Å². The molecule has 2 saturated heterocycles. The number of nitrogens with zero attached hydrogens (tertiary/aromatic N) is 9. The third-order valence-electron chi connectivity index (χ3n) is 16.1. The first-order chi connectivity index (χ1) is 35.9. The lowest BCUT2D eigenvalue weighted by Crippen LogP contribution is -2.48. The lowest BCUT2D eigenvalue weighted by molar-refractivity contribution is -0.141. The molecule has 18 heteroatoms. The molecule has 74 heavy (non-hydrogen) atoms. The van der Waals surface area contributed by atoms with Crippen LogP contribution in [0.1, 0.15) is 117 Å². The number of nitrogens with one attached hydrogen (secondary N) is 2. The highest BCUT2D eigenvalue weighted by Gasteiger charge is 2.43. The van der Waals surface area contributed by atoms with E-state index in [9.17, 15) is 19.8 Å². The van der Waals surface area contributed by atoms with E-state index in [0.29, 0.717) is 53.9 Å². The Hall–Kier alpha value is -6.76. The molecule has 0 radical (unpaired) electrons. The number of anilines is 1. The molecule has 0 spiro atoms. The van der Waals surface area contributed by atoms with Crippen LogP contribution in [0.2, 0.25) is 0 Å². The van der Waals surface area contributed by atoms with E-state index in [2.05, 4.69) is 47.4 Å². The molecule has 7 aromatic rings. The summed E-state index contributed by atoms with van der Waals surface area (Å²) in [4.78, 5) is 53.1. The molecule has 0 unspecified atom stereocenters. The number of para-hydroxylation sites is 1. The van der Waals surface area contributed by atoms with Gasteiger partial charge in [0.15, 0.2) is 11.4 Å². The lowest BCUT2D eigenvalue weighted by atomic mass is 9.83. The van der Waals surface area contributed by atoms with E-state index in [0.717, 1.165) is 109 Å². The predicted octanol–water partition coefficient (Wildman–Crippen LogP) is 8.50. The molecule has 386 valence electrons. The van der Waals surface area contributed by atoms with Gasteiger partial charge in [-0.2, -0.15) is 0 Å². The maximum atomic E-state index is 14.2. The molecule has 1 saturated carbocycles. The predicted molar refractivity (Wildman–Crippen MR) is 282 cm³/mol. The summed E-state index contributed by atoms with van der Waals surface area (Å²) in [6, 6.07) is 18.7. The molecule has 17 nitrogen and oxygen atoms in total. The Kier molecular flexibility index (Phi) is 14.2. The summed E-state index contributed by atoms with van der Waals surface area (Å²) in [5.74, 6) is 1.06. The number of carbonyl (C=O) groups is 2. The number of amides is 2. The van der Waals surface area contributed by atoms with Gasteiger partial charge in [-0.3, -0.25) is 9.59 Å². The molecular weight excluding hydrogens is 955 g/mol. The van der Waals surface area contributed by atoms with E-state index >= 15 is 0 Å². The standard InChI is InChI=1S/C56H65N11O6S/c1-32(2)50(55(71)67-29-41(68)23-46(67)54(70)57-26-35-9-13-38(14-10-35)52-33(3)60-31-74-52)48-25-49(64-73-48)72-30-36-11-15-40(16-12-36)65-20-17-37(18-21-65)39-27-58-56(59-28-39)66-22-19-44-51(34(66)4)43-24-45(62-63-53(43)61-44)42-7-5-6-8-47(42)69/h5-10,13-14,24-25,27-28,31-32,34,36-37,40-41,46,50,68-69H,11-12,15-23,26,29-30H2,1-4H3,(H,57,70)(H,61,63)/t34-,36?,40?,41-,46+,50-/m1/s1. The number of β-amino-alcohol motifs (C(OH)–C–C–N with tert-alkyl or cyclic N) is 1. The summed E-state index contributed by atoms with van der Waals surface area (Å²) in [5, 5.41) is 38.3. The summed E-state index contributed by atoms with van der Waals surface area (Å²) in [5.41, 5.74) is 10.4. The molecule has 3 aliphatic heterocycles. The van der Waals surface area contributed by atoms with Crippen LogP contribution >= 0.6 is 11.3 Å². The van der Waals surface area contributed by atoms with Gasteiger partial charge in [-0.25, -0.2) is 15.0 Å². The minimum absolute atomic E-state index is 0.0231. The van der Waals surface area contributed by atoms with Crippen LogP contribution in [0.3, 0.4) is 0 Å². The molecule has 3 fully saturated rings. The smallest absolute Gasteiger partial charge is 0.254 e. The topological polar surface area (TPSA) is 212 Å². The van der Waals surface area contributed by atoms with E-state index in [1.165, 1.54) is 16.0 Å². The number of aliphatic hydroxyl groups excluding tert-OH is 1. The number of aromatic amines is 1. The summed E-state index contributed by atoms with van der Waals surface area (Å²) in [6.07, 6.45) is 10.8. The van der Waals surface area contributed by atoms with Crippen molar-refractivity contribution in [1.29, 1.82) is 0 Å². The first kappa shape index (κ1) is 49.5. The second-order valence-corrected chi connectivity index (χ2v) is 22.0. The molecule has 4 atom stereocenters. The van der Waals surface area contributed by atoms with Gasteiger partial charge in [-0.1, -0.05) is 50.2 Å². The van der Waals surface area contributed by atoms with Crippen LogP contribution in [-0.4, -0.2) is 118 Å². The third-order valence-corrected chi connectivity index (χ3v) is 17.1. The molecule has 11 rings (SSSR count). The Bertz CT molecular complexity index is 3090. The Morgan fingerprint density at radius 2 is 1.73 bits per heavy atom. The molecule has 2 aromatic carbocycles. The van der Waals surface area contributed by atoms with Crippen molar-refractivity contribution < 1.29 is 29.1 Å². The van der Waals surface area contributed by atoms with Gasteiger partial charge in [0.25, 0.3) is 5.88 Å². The number of benzene rings is 2. The number of hydrogen-bond donors (Lipinski definition) is 4. The fraction of sp³-hybridized carbons (Fsp3) is 0.464. The van der Waals surface area contributed by atoms with Crippen LogP contribution < -0.4 is 15.0 Å². The largest absolute Gasteiger partial charge is 0.507 e. The number of aliphatic hydroxyl groups is 1. The average molecular weight is 1020 g/mol. The molecule has 5 aromatic heterocycles. The number of phenols is 1. The van der Waals surface area contributed by atoms with Gasteiger partial charge in [0.05, 0.1) is 40.5 Å². The zero-order valence-electron chi connectivity index (χ0n) is 42.5. The van der Waals surface area contributed by atoms with E-state index in [1.807, 2.05) is 81.1 Å². The Morgan fingerprint density at radius 1 is 0.959 bits per heavy atom. The Morgan fingerprint density at radius 3 is 2.46 bits per heavy atom. The number of piperidine rings is 1. The minimum atomic E-state index is -0.807. The van der Waals surface area contributed by atoms with Crippen molar-refractivity contribution >= 4 is 40.1 Å². The van der Waals surface area contributed by atoms with Crippen molar-refractivity contribution in [3.63, 3.8) is 0 Å². The van der Waals surface area contributed by atoms with E-state index in [-0.39, 0.29) is 42.5 Å². The number of hydrogen-bond acceptors (Lipinski definition) is 15. The lowest BCUT2D eigenvalue weighted by Gasteiger charge is -2.40. The van der Waals surface area contributed by atoms with Crippen molar-refractivity contribution in [3.05, 3.63) is 112 Å². The highest BCUT2D eigenvalue weighted by Crippen LogP contribution is 2.40. The molecule has 1 aliphatic carbocycles. The summed E-state index contributed by atoms with van der Waals surface area (Å²) in [7, 11) is 0. The van der Waals surface area contributed by atoms with Crippen LogP contribution in [0.5, 0.6) is 11.6 Å². The summed E-state index contributed by atoms with van der Waals surface area (Å²) < 4.78 is 12.0. The first-order valence-electron chi connectivity index (χ1n) is 26.3. The van der Waals surface area contributed by atoms with Crippen LogP contribution in [0.4, 0.5) is 5.95 Å². The number of aromatic nitrogens is 7. The first-order valence-corrected chi connectivity index (χ1v) is 27.2. The van der Waals surface area contributed by atoms with E-state index < -0.39 is 18.1 Å². The second-order valence-electron chi connectivity index (χ2n) is 21.1. The Balaban J connectivity index is 0.633. The third kappa shape index (κ3) is 10.1. The number of ether oxygens (including phenoxy) is 1. The number of H-pyrrole nitrogens is 1. The maximum Gasteiger partial charge on any atom is 0.254 e. The van der Waals surface area contributed by atoms with Crippen LogP contribution in [-0.2, 0) is 22.6 Å². The summed E-state index contributed by atoms with van der Waals surface area (Å²) in [6.45, 7) is 11.9. The van der Waals surface area contributed by atoms with Gasteiger partial charge in [0, 0.05) is 79.2 Å². The second kappa shape index (κ2) is 21.2. The molecule has 4 N–H and O–H groups in total. The number of fused-ring (bicyclic) bond motifs is 3. The highest BCUT2D eigenvalue weighted by molar-refractivity contribution is 7.13. The van der Waals surface area contributed by atoms with Crippen molar-refractivity contribution in [3.8, 4) is 33.3 Å². The normalized spacial score (nSPS) is 22.1. The number of likely N-dealkylation sites (tertiary alicyclic amines) is 2. The quantitative estimate of drug-likeness (QED) is 0.0805. The van der Waals surface area contributed by atoms with Gasteiger partial charge in [0.1, 0.15) is 17.7 Å². The maximum absolute atomic E-state index is 14.2. The number of rotatable bonds is 14. The number of aryl methyl sites for hydroxylation is 1. The van der Waals surface area contributed by atoms with Crippen molar-refractivity contribution in [2.45, 2.75) is 122 Å². The molecule has 0 bridgehead atoms. The monoisotopic (exact) mass is 1020 g/mol. The highest BCUT2D eigenvalue weighted by atomic mass is 32.1. The van der Waals surface area contributed by atoms with Gasteiger partial charge < -0.3 is 44.5 Å². The molecule has 4 aliphatic rings.